The molecule has 0 bridgehead atoms. The first-order chi connectivity index (χ1) is 17.7. The van der Waals surface area contributed by atoms with Gasteiger partial charge in [0.2, 0.25) is 5.91 Å². The molecule has 1 amide bonds. The number of nitrogens with two attached hydrogens (primary N) is 1. The van der Waals surface area contributed by atoms with Gasteiger partial charge in [-0.1, -0.05) is 11.6 Å². The predicted molar refractivity (Wildman–Crippen MR) is 137 cm³/mol. The Labute approximate surface area is 228 Å². The Morgan fingerprint density at radius 2 is 1.69 bits per heavy atom. The number of likely N-dealkylation sites (N-methyl/N-ethyl adjacent to an activating group) is 1. The summed E-state index contributed by atoms with van der Waals surface area (Å²) in [7, 11) is 2.05. The van der Waals surface area contributed by atoms with Crippen molar-refractivity contribution in [2.24, 2.45) is 23.5 Å². The number of phenolic OH excluding ortho intramolecular Hbond substituents is 1. The van der Waals surface area contributed by atoms with Crippen LogP contribution in [0.25, 0.3) is 0 Å². The Bertz CT molecular complexity index is 1370. The van der Waals surface area contributed by atoms with Gasteiger partial charge in [0.15, 0.2) is 17.2 Å². The van der Waals surface area contributed by atoms with Crippen molar-refractivity contribution in [2.45, 2.75) is 30.6 Å². The highest BCUT2D eigenvalue weighted by molar-refractivity contribution is 7.79. The number of halogens is 1. The molecule has 0 saturated heterocycles. The Morgan fingerprint density at radius 1 is 1.15 bits per heavy atom. The molecule has 8 N–H and O–H groups in total. The summed E-state index contributed by atoms with van der Waals surface area (Å²) in [4.78, 5) is 42.2. The predicted octanol–water partition coefficient (Wildman–Crippen LogP) is -0.648. The zero-order chi connectivity index (χ0) is 29.9. The van der Waals surface area contributed by atoms with E-state index in [1.54, 1.807) is 38.0 Å². The molecule has 0 aromatic heterocycles. The molecule has 1 fully saturated rings. The van der Waals surface area contributed by atoms with E-state index in [1.165, 1.54) is 6.07 Å². The minimum absolute atomic E-state index is 0.0539. The summed E-state index contributed by atoms with van der Waals surface area (Å²) in [5, 5.41) is 44.5. The summed E-state index contributed by atoms with van der Waals surface area (Å²) < 4.78 is 31.6. The van der Waals surface area contributed by atoms with E-state index in [2.05, 4.69) is 0 Å². The molecule has 0 heterocycles. The first-order valence-corrected chi connectivity index (χ1v) is 13.3. The second-order valence-electron chi connectivity index (χ2n) is 10.2. The number of aromatic hydroxyl groups is 1. The van der Waals surface area contributed by atoms with E-state index < -0.39 is 69.1 Å². The number of ketones is 2. The Kier molecular flexibility index (Phi) is 8.13. The van der Waals surface area contributed by atoms with Crippen LogP contribution in [0.15, 0.2) is 17.4 Å². The van der Waals surface area contributed by atoms with Crippen LogP contribution >= 0.6 is 11.6 Å². The number of phenols is 1. The highest BCUT2D eigenvalue weighted by Crippen LogP contribution is 2.53. The number of Topliss-reactive ketones (excluding diaryl/α,β-unsaturated/α-hetero) is 2. The van der Waals surface area contributed by atoms with Gasteiger partial charge in [0.25, 0.3) is 0 Å². The van der Waals surface area contributed by atoms with Gasteiger partial charge in [0.1, 0.15) is 17.4 Å². The van der Waals surface area contributed by atoms with Gasteiger partial charge in [0, 0.05) is 37.7 Å². The molecule has 4 rings (SSSR count). The van der Waals surface area contributed by atoms with Gasteiger partial charge >= 0.3 is 10.4 Å². The molecule has 16 heteroatoms. The van der Waals surface area contributed by atoms with Crippen molar-refractivity contribution in [2.75, 3.05) is 33.1 Å². The highest BCUT2D eigenvalue weighted by atomic mass is 35.5. The zero-order valence-corrected chi connectivity index (χ0v) is 22.9. The number of amides is 1. The van der Waals surface area contributed by atoms with Crippen molar-refractivity contribution in [3.8, 4) is 5.75 Å². The molecule has 0 aliphatic heterocycles. The number of carbonyl (C=O) groups is 3. The fourth-order valence-corrected chi connectivity index (χ4v) is 6.50. The van der Waals surface area contributed by atoms with Gasteiger partial charge < -0.3 is 36.0 Å². The SMILES string of the molecule is CN(C)c1c(Cl)cc(O)c2c1CC1CC3[C@H](N(C)C)C(O)C(C(N)=O)C(=O)[C@@]3(O)C(O)=C1C2=O.O=S(=O)(O)O. The largest absolute Gasteiger partial charge is 0.508 e. The number of aliphatic hydroxyl groups is 3. The van der Waals surface area contributed by atoms with Crippen molar-refractivity contribution < 1.29 is 52.3 Å². The Balaban J connectivity index is 0.000000771. The van der Waals surface area contributed by atoms with E-state index in [0.29, 0.717) is 11.3 Å². The molecule has 216 valence electrons. The number of fused-ring (bicyclic) bond motifs is 3. The van der Waals surface area contributed by atoms with Crippen LogP contribution in [0.4, 0.5) is 5.69 Å². The summed E-state index contributed by atoms with van der Waals surface area (Å²) >= 11 is 6.35. The topological polar surface area (TPSA) is 239 Å². The molecule has 3 aliphatic carbocycles. The lowest BCUT2D eigenvalue weighted by molar-refractivity contribution is -0.178. The number of carbonyl (C=O) groups excluding carboxylic acids is 3. The van der Waals surface area contributed by atoms with E-state index in [9.17, 15) is 34.8 Å². The number of aliphatic hydroxyl groups excluding tert-OH is 2. The second-order valence-corrected chi connectivity index (χ2v) is 11.5. The van der Waals surface area contributed by atoms with Crippen molar-refractivity contribution in [1.29, 1.82) is 0 Å². The molecular weight excluding hydrogens is 562 g/mol. The van der Waals surface area contributed by atoms with E-state index in [-0.39, 0.29) is 34.8 Å². The van der Waals surface area contributed by atoms with Gasteiger partial charge in [-0.2, -0.15) is 8.42 Å². The van der Waals surface area contributed by atoms with E-state index in [0.717, 1.165) is 0 Å². The fraction of sp³-hybridized carbons (Fsp3) is 0.522. The van der Waals surface area contributed by atoms with Gasteiger partial charge in [-0.25, -0.2) is 0 Å². The molecule has 4 unspecified atom stereocenters. The third-order valence-electron chi connectivity index (χ3n) is 7.47. The summed E-state index contributed by atoms with van der Waals surface area (Å²) in [5.74, 6) is -7.69. The monoisotopic (exact) mass is 591 g/mol. The molecule has 1 aromatic carbocycles. The average molecular weight is 592 g/mol. The van der Waals surface area contributed by atoms with Crippen LogP contribution in [-0.2, 0) is 26.4 Å². The molecule has 1 aromatic rings. The fourth-order valence-electron chi connectivity index (χ4n) is 6.12. The lowest BCUT2D eigenvalue weighted by Gasteiger charge is -2.53. The maximum atomic E-state index is 13.6. The number of nitrogens with zero attached hydrogens (tertiary/aromatic N) is 2. The highest BCUT2D eigenvalue weighted by Gasteiger charge is 2.66. The normalized spacial score (nSPS) is 30.2. The maximum Gasteiger partial charge on any atom is 0.394 e. The number of hydrogen-bond acceptors (Lipinski definition) is 11. The quantitative estimate of drug-likeness (QED) is 0.171. The standard InChI is InChI=1S/C23H28ClN3O7.H2O4S/c1-26(2)16-9-5-8-6-10-17(27(3)4)19(30)15(22(25)33)21(32)23(10,34)20(31)13(8)18(29)14(9)12(28)7-11(16)24;1-5(2,3)4/h7-8,10,15,17,19,28,30-31,34H,5-6H2,1-4H3,(H2,25,33);(H2,1,2,3,4)/t8?,10?,15?,17-,19?,23-;/m0./s1. The minimum Gasteiger partial charge on any atom is -0.508 e. The third kappa shape index (κ3) is 5.11. The number of anilines is 1. The van der Waals surface area contributed by atoms with Crippen molar-refractivity contribution in [1.82, 2.24) is 4.90 Å². The van der Waals surface area contributed by atoms with Crippen LogP contribution in [0.3, 0.4) is 0 Å². The van der Waals surface area contributed by atoms with Crippen LogP contribution in [0.1, 0.15) is 22.3 Å². The lowest BCUT2D eigenvalue weighted by Crippen LogP contribution is -2.71. The van der Waals surface area contributed by atoms with Gasteiger partial charge in [-0.15, -0.1) is 0 Å². The van der Waals surface area contributed by atoms with E-state index in [1.807, 2.05) is 0 Å². The zero-order valence-electron chi connectivity index (χ0n) is 21.4. The average Bonchev–Trinajstić information content (AvgIpc) is 2.74. The van der Waals surface area contributed by atoms with Crippen molar-refractivity contribution in [3.63, 3.8) is 0 Å². The van der Waals surface area contributed by atoms with Gasteiger partial charge in [0.05, 0.1) is 22.4 Å². The van der Waals surface area contributed by atoms with Crippen LogP contribution in [-0.4, -0.2) is 106 Å². The first kappa shape index (κ1) is 30.7. The number of hydrogen-bond donors (Lipinski definition) is 7. The van der Waals surface area contributed by atoms with E-state index in [4.69, 9.17) is 34.9 Å². The van der Waals surface area contributed by atoms with Crippen LogP contribution in [0, 0.1) is 17.8 Å². The number of rotatable bonds is 3. The first-order valence-electron chi connectivity index (χ1n) is 11.5. The molecule has 6 atom stereocenters. The number of primary amides is 1. The van der Waals surface area contributed by atoms with Crippen LogP contribution in [0.2, 0.25) is 5.02 Å². The lowest BCUT2D eigenvalue weighted by atomic mass is 9.56. The Morgan fingerprint density at radius 3 is 2.15 bits per heavy atom. The van der Waals surface area contributed by atoms with E-state index >= 15 is 0 Å². The summed E-state index contributed by atoms with van der Waals surface area (Å²) in [6, 6.07) is 0.320. The number of benzene rings is 1. The molecule has 14 nitrogen and oxygen atoms in total. The molecule has 0 radical (unpaired) electrons. The summed E-state index contributed by atoms with van der Waals surface area (Å²) in [6.45, 7) is 0. The van der Waals surface area contributed by atoms with Crippen molar-refractivity contribution >= 4 is 45.2 Å². The second kappa shape index (κ2) is 10.3. The summed E-state index contributed by atoms with van der Waals surface area (Å²) in [6.07, 6.45) is -1.27. The molecular formula is C23H30ClN3O11S. The number of allylic oxidation sites excluding steroid dienone is 1. The third-order valence-corrected chi connectivity index (χ3v) is 7.76. The smallest absolute Gasteiger partial charge is 0.394 e. The molecule has 1 saturated carbocycles. The molecule has 3 aliphatic rings. The van der Waals surface area contributed by atoms with Crippen LogP contribution in [0.5, 0.6) is 5.75 Å². The van der Waals surface area contributed by atoms with Crippen LogP contribution < -0.4 is 10.6 Å². The molecule has 0 spiro atoms. The summed E-state index contributed by atoms with van der Waals surface area (Å²) in [5.41, 5.74) is 3.55. The molecule has 39 heavy (non-hydrogen) atoms. The minimum atomic E-state index is -4.67. The Hall–Kier alpha value is -2.79. The maximum absolute atomic E-state index is 13.6. The van der Waals surface area contributed by atoms with Crippen molar-refractivity contribution in [3.05, 3.63) is 33.5 Å². The van der Waals surface area contributed by atoms with Gasteiger partial charge in [-0.05, 0) is 38.4 Å². The van der Waals surface area contributed by atoms with Gasteiger partial charge in [-0.3, -0.25) is 23.5 Å².